The zero-order chi connectivity index (χ0) is 12.8. The number of carbonyl (C=O) groups excluding carboxylic acids is 1. The highest BCUT2D eigenvalue weighted by atomic mass is 16.5. The van der Waals surface area contributed by atoms with Gasteiger partial charge in [-0.2, -0.15) is 0 Å². The van der Waals surface area contributed by atoms with Crippen molar-refractivity contribution in [1.82, 2.24) is 10.2 Å². The van der Waals surface area contributed by atoms with Gasteiger partial charge in [-0.15, -0.1) is 0 Å². The Morgan fingerprint density at radius 3 is 2.47 bits per heavy atom. The minimum atomic E-state index is -0.840. The molecule has 1 aliphatic rings. The van der Waals surface area contributed by atoms with Crippen molar-refractivity contribution in [2.24, 2.45) is 0 Å². The Labute approximate surface area is 101 Å². The summed E-state index contributed by atoms with van der Waals surface area (Å²) in [6, 6.07) is -0.141. The topological polar surface area (TPSA) is 78.9 Å². The van der Waals surface area contributed by atoms with E-state index < -0.39 is 5.97 Å². The summed E-state index contributed by atoms with van der Waals surface area (Å²) in [6.07, 6.45) is 0.624. The highest BCUT2D eigenvalue weighted by Crippen LogP contribution is 2.10. The molecule has 1 rings (SSSR count). The van der Waals surface area contributed by atoms with Gasteiger partial charge in [0.1, 0.15) is 0 Å². The third-order valence-corrected chi connectivity index (χ3v) is 2.55. The summed E-state index contributed by atoms with van der Waals surface area (Å²) in [5.41, 5.74) is 0. The Balaban J connectivity index is 2.24. The quantitative estimate of drug-likeness (QED) is 0.712. The van der Waals surface area contributed by atoms with Gasteiger partial charge < -0.3 is 20.1 Å². The van der Waals surface area contributed by atoms with E-state index in [1.54, 1.807) is 4.90 Å². The van der Waals surface area contributed by atoms with Crippen molar-refractivity contribution < 1.29 is 19.4 Å². The smallest absolute Gasteiger partial charge is 0.317 e. The van der Waals surface area contributed by atoms with Gasteiger partial charge in [0.15, 0.2) is 0 Å². The molecule has 0 bridgehead atoms. The Bertz CT molecular complexity index is 273. The molecular weight excluding hydrogens is 224 g/mol. The van der Waals surface area contributed by atoms with E-state index in [-0.39, 0.29) is 24.7 Å². The number of amides is 2. The number of aliphatic carboxylic acids is 1. The Kier molecular flexibility index (Phi) is 5.21. The van der Waals surface area contributed by atoms with Crippen LogP contribution in [0.25, 0.3) is 0 Å². The fourth-order valence-corrected chi connectivity index (χ4v) is 1.89. The van der Waals surface area contributed by atoms with Crippen LogP contribution < -0.4 is 5.32 Å². The number of urea groups is 1. The van der Waals surface area contributed by atoms with Crippen LogP contribution in [-0.4, -0.2) is 53.8 Å². The van der Waals surface area contributed by atoms with Crippen molar-refractivity contribution in [2.75, 3.05) is 19.6 Å². The number of ether oxygens (including phenoxy) is 1. The van der Waals surface area contributed by atoms with Gasteiger partial charge in [0.05, 0.1) is 12.2 Å². The number of nitrogens with zero attached hydrogens (tertiary/aromatic N) is 1. The monoisotopic (exact) mass is 244 g/mol. The first-order valence-electron chi connectivity index (χ1n) is 5.89. The van der Waals surface area contributed by atoms with Crippen LogP contribution in [0, 0.1) is 0 Å². The van der Waals surface area contributed by atoms with E-state index in [4.69, 9.17) is 9.84 Å². The standard InChI is InChI=1S/C11H20N2O4/c1-8-6-13(7-9(2)17-8)11(16)12-5-3-4-10(14)15/h8-9H,3-7H2,1-2H3,(H,12,16)(H,14,15). The van der Waals surface area contributed by atoms with Gasteiger partial charge in [-0.05, 0) is 20.3 Å². The van der Waals surface area contributed by atoms with Gasteiger partial charge in [-0.1, -0.05) is 0 Å². The maximum atomic E-state index is 11.7. The molecule has 1 heterocycles. The third kappa shape index (κ3) is 5.04. The lowest BCUT2D eigenvalue weighted by molar-refractivity contribution is -0.137. The highest BCUT2D eigenvalue weighted by Gasteiger charge is 2.25. The Morgan fingerprint density at radius 1 is 1.35 bits per heavy atom. The van der Waals surface area contributed by atoms with E-state index in [9.17, 15) is 9.59 Å². The number of morpholine rings is 1. The van der Waals surface area contributed by atoms with E-state index in [0.29, 0.717) is 26.1 Å². The second kappa shape index (κ2) is 6.44. The van der Waals surface area contributed by atoms with Crippen molar-refractivity contribution in [3.05, 3.63) is 0 Å². The zero-order valence-electron chi connectivity index (χ0n) is 10.3. The maximum absolute atomic E-state index is 11.7. The second-order valence-corrected chi connectivity index (χ2v) is 4.39. The molecule has 2 N–H and O–H groups in total. The van der Waals surface area contributed by atoms with Gasteiger partial charge in [0.25, 0.3) is 0 Å². The van der Waals surface area contributed by atoms with E-state index in [2.05, 4.69) is 5.32 Å². The zero-order valence-corrected chi connectivity index (χ0v) is 10.3. The van der Waals surface area contributed by atoms with Crippen LogP contribution in [0.4, 0.5) is 4.79 Å². The summed E-state index contributed by atoms with van der Waals surface area (Å²) in [5, 5.41) is 11.2. The van der Waals surface area contributed by atoms with Crippen LogP contribution in [-0.2, 0) is 9.53 Å². The van der Waals surface area contributed by atoms with E-state index in [0.717, 1.165) is 0 Å². The van der Waals surface area contributed by atoms with Crippen LogP contribution in [0.2, 0.25) is 0 Å². The lowest BCUT2D eigenvalue weighted by Crippen LogP contribution is -2.51. The van der Waals surface area contributed by atoms with Crippen LogP contribution in [0.1, 0.15) is 26.7 Å². The molecule has 0 aromatic rings. The fraction of sp³-hybridized carbons (Fsp3) is 0.818. The molecule has 6 nitrogen and oxygen atoms in total. The molecular formula is C11H20N2O4. The van der Waals surface area contributed by atoms with Crippen molar-refractivity contribution >= 4 is 12.0 Å². The van der Waals surface area contributed by atoms with Crippen LogP contribution in [0.3, 0.4) is 0 Å². The van der Waals surface area contributed by atoms with Gasteiger partial charge in [0, 0.05) is 26.1 Å². The molecule has 17 heavy (non-hydrogen) atoms. The maximum Gasteiger partial charge on any atom is 0.317 e. The Morgan fingerprint density at radius 2 is 1.94 bits per heavy atom. The molecule has 2 atom stereocenters. The number of hydrogen-bond donors (Lipinski definition) is 2. The van der Waals surface area contributed by atoms with Gasteiger partial charge >= 0.3 is 12.0 Å². The largest absolute Gasteiger partial charge is 0.481 e. The number of hydrogen-bond acceptors (Lipinski definition) is 3. The first-order chi connectivity index (χ1) is 7.99. The van der Waals surface area contributed by atoms with Crippen LogP contribution >= 0.6 is 0 Å². The molecule has 1 fully saturated rings. The first-order valence-corrected chi connectivity index (χ1v) is 5.89. The second-order valence-electron chi connectivity index (χ2n) is 4.39. The molecule has 0 aliphatic carbocycles. The molecule has 0 saturated carbocycles. The molecule has 2 unspecified atom stereocenters. The number of nitrogens with one attached hydrogen (secondary N) is 1. The Hall–Kier alpha value is -1.30. The average molecular weight is 244 g/mol. The predicted octanol–water partition coefficient (Wildman–Crippen LogP) is 0.670. The number of carboxylic acid groups (broad SMARTS) is 1. The summed E-state index contributed by atoms with van der Waals surface area (Å²) in [4.78, 5) is 23.7. The summed E-state index contributed by atoms with van der Waals surface area (Å²) in [7, 11) is 0. The van der Waals surface area contributed by atoms with E-state index in [1.165, 1.54) is 0 Å². The van der Waals surface area contributed by atoms with Crippen molar-refractivity contribution in [3.8, 4) is 0 Å². The van der Waals surface area contributed by atoms with Crippen molar-refractivity contribution in [2.45, 2.75) is 38.9 Å². The molecule has 2 amide bonds. The minimum Gasteiger partial charge on any atom is -0.481 e. The van der Waals surface area contributed by atoms with E-state index in [1.807, 2.05) is 13.8 Å². The van der Waals surface area contributed by atoms with Crippen molar-refractivity contribution in [3.63, 3.8) is 0 Å². The normalized spacial score (nSPS) is 24.5. The first kappa shape index (κ1) is 13.8. The average Bonchev–Trinajstić information content (AvgIpc) is 2.22. The third-order valence-electron chi connectivity index (χ3n) is 2.55. The molecule has 0 aromatic heterocycles. The molecule has 1 aliphatic heterocycles. The lowest BCUT2D eigenvalue weighted by Gasteiger charge is -2.35. The fourth-order valence-electron chi connectivity index (χ4n) is 1.89. The molecule has 6 heteroatoms. The number of carbonyl (C=O) groups is 2. The minimum absolute atomic E-state index is 0.0449. The lowest BCUT2D eigenvalue weighted by atomic mass is 10.2. The molecule has 0 radical (unpaired) electrons. The molecule has 0 aromatic carbocycles. The summed E-state index contributed by atoms with van der Waals surface area (Å²) in [5.74, 6) is -0.840. The predicted molar refractivity (Wildman–Crippen MR) is 61.9 cm³/mol. The van der Waals surface area contributed by atoms with Gasteiger partial charge in [-0.3, -0.25) is 4.79 Å². The van der Waals surface area contributed by atoms with Gasteiger partial charge in [-0.25, -0.2) is 4.79 Å². The SMILES string of the molecule is CC1CN(C(=O)NCCCC(=O)O)CC(C)O1. The summed E-state index contributed by atoms with van der Waals surface area (Å²) < 4.78 is 5.52. The molecule has 1 saturated heterocycles. The summed E-state index contributed by atoms with van der Waals surface area (Å²) >= 11 is 0. The van der Waals surface area contributed by atoms with Crippen molar-refractivity contribution in [1.29, 1.82) is 0 Å². The highest BCUT2D eigenvalue weighted by molar-refractivity contribution is 5.74. The number of carboxylic acids is 1. The van der Waals surface area contributed by atoms with Crippen LogP contribution in [0.5, 0.6) is 0 Å². The van der Waals surface area contributed by atoms with Gasteiger partial charge in [0.2, 0.25) is 0 Å². The summed E-state index contributed by atoms with van der Waals surface area (Å²) in [6.45, 7) is 5.41. The number of rotatable bonds is 4. The van der Waals surface area contributed by atoms with E-state index >= 15 is 0 Å². The molecule has 0 spiro atoms. The molecule has 98 valence electrons. The van der Waals surface area contributed by atoms with Crippen LogP contribution in [0.15, 0.2) is 0 Å².